The maximum Gasteiger partial charge on any atom is 0.508 e. The maximum atomic E-state index is 13.1. The topological polar surface area (TPSA) is 80.3 Å². The highest BCUT2D eigenvalue weighted by atomic mass is 16.7. The van der Waals surface area contributed by atoms with E-state index in [-0.39, 0.29) is 23.6 Å². The normalized spacial score (nSPS) is 32.3. The second-order valence-electron chi connectivity index (χ2n) is 34.6. The van der Waals surface area contributed by atoms with E-state index in [4.69, 9.17) is 23.7 Å². The van der Waals surface area contributed by atoms with Gasteiger partial charge in [0, 0.05) is 19.3 Å². The number of benzene rings is 2. The summed E-state index contributed by atoms with van der Waals surface area (Å²) >= 11 is 0. The molecule has 0 N–H and O–H groups in total. The molecule has 0 bridgehead atoms. The molecule has 0 amide bonds. The Morgan fingerprint density at radius 2 is 0.874 bits per heavy atom. The van der Waals surface area contributed by atoms with Crippen molar-refractivity contribution in [2.45, 2.75) is 306 Å². The monoisotopic (exact) mass is 1300 g/mol. The summed E-state index contributed by atoms with van der Waals surface area (Å²) < 4.78 is 29.9. The van der Waals surface area contributed by atoms with Crippen LogP contribution in [0.1, 0.15) is 305 Å². The summed E-state index contributed by atoms with van der Waals surface area (Å²) in [5.41, 5.74) is 7.05. The number of carbonyl (C=O) groups is 2. The summed E-state index contributed by atoms with van der Waals surface area (Å²) in [6.45, 7) is 27.1. The zero-order chi connectivity index (χ0) is 67.0. The molecule has 0 unspecified atom stereocenters. The minimum absolute atomic E-state index is 0.0156. The summed E-state index contributed by atoms with van der Waals surface area (Å²) in [4.78, 5) is 25.9. The third kappa shape index (κ3) is 18.8. The quantitative estimate of drug-likeness (QED) is 0.0294. The molecule has 7 nitrogen and oxygen atoms in total. The number of esters is 1. The third-order valence-corrected chi connectivity index (χ3v) is 27.6. The van der Waals surface area contributed by atoms with Gasteiger partial charge in [0.2, 0.25) is 0 Å². The molecule has 528 valence electrons. The Morgan fingerprint density at radius 3 is 1.33 bits per heavy atom. The molecule has 2 aromatic rings. The summed E-state index contributed by atoms with van der Waals surface area (Å²) in [6, 6.07) is 16.7. The van der Waals surface area contributed by atoms with Gasteiger partial charge >= 0.3 is 12.1 Å². The van der Waals surface area contributed by atoms with Crippen LogP contribution >= 0.6 is 0 Å². The van der Waals surface area contributed by atoms with E-state index in [0.29, 0.717) is 35.9 Å². The third-order valence-electron chi connectivity index (χ3n) is 27.6. The Morgan fingerprint density at radius 1 is 0.453 bits per heavy atom. The first-order valence-corrected chi connectivity index (χ1v) is 40.1. The van der Waals surface area contributed by atoms with E-state index >= 15 is 0 Å². The van der Waals surface area contributed by atoms with E-state index in [2.05, 4.69) is 154 Å². The van der Waals surface area contributed by atoms with E-state index in [1.165, 1.54) is 116 Å². The van der Waals surface area contributed by atoms with Crippen molar-refractivity contribution in [2.75, 3.05) is 19.8 Å². The highest BCUT2D eigenvalue weighted by molar-refractivity contribution is 5.69. The average molecular weight is 1300 g/mol. The molecule has 6 fully saturated rings. The summed E-state index contributed by atoms with van der Waals surface area (Å²) in [6.07, 6.45) is 54.9. The number of carbonyl (C=O) groups excluding carboxylic acids is 2. The molecule has 0 radical (unpaired) electrons. The highest BCUT2D eigenvalue weighted by Crippen LogP contribution is 2.69. The summed E-state index contributed by atoms with van der Waals surface area (Å²) in [7, 11) is 0. The molecular formula is C88H134O7. The van der Waals surface area contributed by atoms with Gasteiger partial charge in [0.25, 0.3) is 0 Å². The predicted octanol–water partition coefficient (Wildman–Crippen LogP) is 24.8. The summed E-state index contributed by atoms with van der Waals surface area (Å²) in [5, 5.41) is 0. The zero-order valence-electron chi connectivity index (χ0n) is 61.9. The molecule has 7 heteroatoms. The molecule has 0 saturated heterocycles. The van der Waals surface area contributed by atoms with Crippen LogP contribution in [0, 0.1) is 92.7 Å². The van der Waals surface area contributed by atoms with Crippen LogP contribution in [0.25, 0.3) is 12.2 Å². The van der Waals surface area contributed by atoms with Crippen molar-refractivity contribution in [3.63, 3.8) is 0 Å². The van der Waals surface area contributed by atoms with Crippen molar-refractivity contribution in [1.29, 1.82) is 0 Å². The Bertz CT molecular complexity index is 2820. The standard InChI is InChI=1S/C88H134O7/c1-63(2)27-25-29-65(5)77-46-48-79-75-44-38-69-61-73(50-54-85(69,7)81(75)52-56-87(77,79)9)94-83(89)33-19-15-11-12-16-22-58-91-71-40-34-67(35-41-71)31-20-21-32-68-36-42-72(43-37-68)92-59-23-17-13-14-18-24-60-93-84(90)95-74-51-55-86(8)70(62-74)39-45-76-80-49-47-78(66(6)30-26-28-64(3)4)88(80,10)57-53-82(76)86/h20-21,31-32,34-43,63-66,73-82H,11-19,22-30,33,44-62H2,1-10H3/b31-20+,32-21+/t65-,66-,73+,74+,75+,76+,77-,78-,79+,80+,81+,82+,85+,86+,87-,88-/m1/s1. The molecule has 2 aromatic carbocycles. The second-order valence-corrected chi connectivity index (χ2v) is 34.6. The fraction of sp³-hybridized carbons (Fsp3) is 0.750. The molecule has 16 atom stereocenters. The number of ether oxygens (including phenoxy) is 5. The van der Waals surface area contributed by atoms with Crippen LogP contribution < -0.4 is 9.47 Å². The van der Waals surface area contributed by atoms with Gasteiger partial charge in [0.1, 0.15) is 23.7 Å². The first kappa shape index (κ1) is 73.5. The fourth-order valence-corrected chi connectivity index (χ4v) is 22.1. The van der Waals surface area contributed by atoms with Crippen LogP contribution in [0.3, 0.4) is 0 Å². The number of fused-ring (bicyclic) bond motifs is 10. The van der Waals surface area contributed by atoms with Crippen LogP contribution in [0.4, 0.5) is 4.79 Å². The average Bonchev–Trinajstić information content (AvgIpc) is 1.69. The first-order chi connectivity index (χ1) is 45.9. The van der Waals surface area contributed by atoms with Crippen LogP contribution in [0.2, 0.25) is 0 Å². The molecule has 0 aromatic heterocycles. The van der Waals surface area contributed by atoms with Crippen molar-refractivity contribution in [2.24, 2.45) is 92.7 Å². The SMILES string of the molecule is CC(C)CCC[C@@H](C)[C@H]1CC[C@H]2[C@@H]3CC=C4C[C@@H](OC(=O)CCCCCCCCOc5ccc(/C=C/C=C/c6ccc(OCCCCCCCCOC(=O)O[C@H]7CC[C@@]8(C)C(=CC[C@H]9[C@@H]%10CC[C@H]([C@H](C)CCCC(C)C)[C@@]%10(C)CC[C@@H]98)C7)cc6)cc5)CC[C@]4(C)[C@H]3CC[C@]12C. The maximum absolute atomic E-state index is 13.1. The number of rotatable bonds is 35. The second kappa shape index (κ2) is 34.7. The summed E-state index contributed by atoms with van der Waals surface area (Å²) in [5.74, 6) is 12.0. The van der Waals surface area contributed by atoms with E-state index in [9.17, 15) is 9.59 Å². The minimum Gasteiger partial charge on any atom is -0.494 e. The number of hydrogen-bond donors (Lipinski definition) is 0. The van der Waals surface area contributed by atoms with Crippen LogP contribution in [-0.2, 0) is 19.0 Å². The Balaban J connectivity index is 0.507. The van der Waals surface area contributed by atoms with Crippen molar-refractivity contribution in [3.05, 3.63) is 95.1 Å². The first-order valence-electron chi connectivity index (χ1n) is 40.1. The van der Waals surface area contributed by atoms with Gasteiger partial charge in [-0.05, 0) is 244 Å². The molecule has 6 saturated carbocycles. The molecule has 0 spiro atoms. The lowest BCUT2D eigenvalue weighted by molar-refractivity contribution is -0.151. The molecule has 0 aliphatic heterocycles. The van der Waals surface area contributed by atoms with Crippen LogP contribution in [0.15, 0.2) is 84.0 Å². The van der Waals surface area contributed by atoms with Gasteiger partial charge < -0.3 is 23.7 Å². The van der Waals surface area contributed by atoms with E-state index in [0.717, 1.165) is 203 Å². The number of hydrogen-bond acceptors (Lipinski definition) is 7. The molecule has 8 aliphatic rings. The molecule has 95 heavy (non-hydrogen) atoms. The number of unbranched alkanes of at least 4 members (excludes halogenated alkanes) is 10. The van der Waals surface area contributed by atoms with E-state index < -0.39 is 6.16 Å². The molecule has 8 aliphatic carbocycles. The Labute approximate surface area is 579 Å². The minimum atomic E-state index is -0.476. The zero-order valence-corrected chi connectivity index (χ0v) is 61.9. The lowest BCUT2D eigenvalue weighted by Crippen LogP contribution is -2.51. The van der Waals surface area contributed by atoms with Gasteiger partial charge in [-0.3, -0.25) is 4.79 Å². The molecule has 0 heterocycles. The molecule has 10 rings (SSSR count). The van der Waals surface area contributed by atoms with Gasteiger partial charge in [-0.1, -0.05) is 231 Å². The lowest BCUT2D eigenvalue weighted by Gasteiger charge is -2.58. The smallest absolute Gasteiger partial charge is 0.494 e. The lowest BCUT2D eigenvalue weighted by atomic mass is 9.47. The largest absolute Gasteiger partial charge is 0.508 e. The predicted molar refractivity (Wildman–Crippen MR) is 394 cm³/mol. The van der Waals surface area contributed by atoms with Gasteiger partial charge in [0.15, 0.2) is 0 Å². The van der Waals surface area contributed by atoms with E-state index in [1.54, 1.807) is 11.1 Å². The Kier molecular flexibility index (Phi) is 26.8. The Hall–Kier alpha value is -4.26. The van der Waals surface area contributed by atoms with Gasteiger partial charge in [0.05, 0.1) is 19.8 Å². The number of allylic oxidation sites excluding steroid dienone is 4. The van der Waals surface area contributed by atoms with Gasteiger partial charge in [-0.15, -0.1) is 0 Å². The van der Waals surface area contributed by atoms with Gasteiger partial charge in [-0.25, -0.2) is 4.79 Å². The highest BCUT2D eigenvalue weighted by Gasteiger charge is 2.61. The van der Waals surface area contributed by atoms with Crippen molar-refractivity contribution < 1.29 is 33.3 Å². The van der Waals surface area contributed by atoms with Crippen molar-refractivity contribution in [1.82, 2.24) is 0 Å². The van der Waals surface area contributed by atoms with Crippen molar-refractivity contribution in [3.8, 4) is 11.5 Å². The fourth-order valence-electron chi connectivity index (χ4n) is 22.1. The van der Waals surface area contributed by atoms with Crippen molar-refractivity contribution >= 4 is 24.3 Å². The molecular weight excluding hydrogens is 1170 g/mol. The van der Waals surface area contributed by atoms with E-state index in [1.807, 2.05) is 0 Å². The van der Waals surface area contributed by atoms with Crippen LogP contribution in [-0.4, -0.2) is 44.2 Å². The van der Waals surface area contributed by atoms with Gasteiger partial charge in [-0.2, -0.15) is 0 Å². The van der Waals surface area contributed by atoms with Crippen LogP contribution in [0.5, 0.6) is 11.5 Å².